The highest BCUT2D eigenvalue weighted by Gasteiger charge is 2.34. The lowest BCUT2D eigenvalue weighted by molar-refractivity contribution is -0.127. The second-order valence-electron chi connectivity index (χ2n) is 6.78. The van der Waals surface area contributed by atoms with Crippen LogP contribution in [0.4, 0.5) is 0 Å². The minimum atomic E-state index is 0.451. The van der Waals surface area contributed by atoms with Crippen LogP contribution in [0.2, 0.25) is 0 Å². The van der Waals surface area contributed by atoms with Gasteiger partial charge in [0, 0.05) is 33.9 Å². The fourth-order valence-electron chi connectivity index (χ4n) is 3.70. The third kappa shape index (κ3) is 3.53. The van der Waals surface area contributed by atoms with Crippen LogP contribution in [0.5, 0.6) is 0 Å². The standard InChI is InChI=1S/C16H29NO3/c1-18-14-7-12(8-14)11-17-5-3-13(4-6-17)20-16-9-15(10-16)19-2/h12-16H,3-11H2,1-2H3/t12-,14-,15-,16-. The van der Waals surface area contributed by atoms with Gasteiger partial charge in [-0.3, -0.25) is 0 Å². The van der Waals surface area contributed by atoms with Crippen LogP contribution in [0.3, 0.4) is 0 Å². The Morgan fingerprint density at radius 1 is 0.800 bits per heavy atom. The molecule has 0 aromatic heterocycles. The fraction of sp³-hybridized carbons (Fsp3) is 1.00. The Hall–Kier alpha value is -0.160. The van der Waals surface area contributed by atoms with E-state index in [-0.39, 0.29) is 0 Å². The minimum Gasteiger partial charge on any atom is -0.381 e. The lowest BCUT2D eigenvalue weighted by Crippen LogP contribution is -2.46. The summed E-state index contributed by atoms with van der Waals surface area (Å²) in [7, 11) is 3.63. The van der Waals surface area contributed by atoms with E-state index < -0.39 is 0 Å². The van der Waals surface area contributed by atoms with Gasteiger partial charge in [0.05, 0.1) is 24.4 Å². The summed E-state index contributed by atoms with van der Waals surface area (Å²) in [4.78, 5) is 2.62. The average Bonchev–Trinajstić information content (AvgIpc) is 2.38. The van der Waals surface area contributed by atoms with Crippen molar-refractivity contribution in [2.24, 2.45) is 5.92 Å². The van der Waals surface area contributed by atoms with Gasteiger partial charge < -0.3 is 19.1 Å². The van der Waals surface area contributed by atoms with Crippen molar-refractivity contribution in [1.29, 1.82) is 0 Å². The number of piperidine rings is 1. The zero-order chi connectivity index (χ0) is 13.9. The second kappa shape index (κ2) is 6.73. The van der Waals surface area contributed by atoms with E-state index in [1.54, 1.807) is 7.11 Å². The first-order valence-corrected chi connectivity index (χ1v) is 8.20. The van der Waals surface area contributed by atoms with Crippen LogP contribution in [0.1, 0.15) is 38.5 Å². The summed E-state index contributed by atoms with van der Waals surface area (Å²) in [5.41, 5.74) is 0. The molecule has 2 saturated carbocycles. The maximum atomic E-state index is 6.16. The van der Waals surface area contributed by atoms with Gasteiger partial charge in [0.2, 0.25) is 0 Å². The zero-order valence-corrected chi connectivity index (χ0v) is 12.9. The molecule has 1 heterocycles. The summed E-state index contributed by atoms with van der Waals surface area (Å²) in [6.07, 6.45) is 9.05. The van der Waals surface area contributed by atoms with Crippen LogP contribution < -0.4 is 0 Å². The largest absolute Gasteiger partial charge is 0.381 e. The van der Waals surface area contributed by atoms with E-state index >= 15 is 0 Å². The Balaban J connectivity index is 1.28. The summed E-state index contributed by atoms with van der Waals surface area (Å²) in [6.45, 7) is 3.68. The van der Waals surface area contributed by atoms with Crippen molar-refractivity contribution in [2.45, 2.75) is 62.9 Å². The van der Waals surface area contributed by atoms with Crippen molar-refractivity contribution < 1.29 is 14.2 Å². The highest BCUT2D eigenvalue weighted by molar-refractivity contribution is 4.86. The molecule has 1 saturated heterocycles. The Morgan fingerprint density at radius 2 is 1.40 bits per heavy atom. The van der Waals surface area contributed by atoms with Gasteiger partial charge in [0.25, 0.3) is 0 Å². The zero-order valence-electron chi connectivity index (χ0n) is 12.9. The number of hydrogen-bond donors (Lipinski definition) is 0. The van der Waals surface area contributed by atoms with Crippen molar-refractivity contribution in [1.82, 2.24) is 4.90 Å². The van der Waals surface area contributed by atoms with Gasteiger partial charge in [-0.1, -0.05) is 0 Å². The molecule has 4 heteroatoms. The molecule has 3 aliphatic rings. The second-order valence-corrected chi connectivity index (χ2v) is 6.78. The van der Waals surface area contributed by atoms with E-state index in [9.17, 15) is 0 Å². The predicted molar refractivity (Wildman–Crippen MR) is 77.9 cm³/mol. The first-order valence-electron chi connectivity index (χ1n) is 8.20. The predicted octanol–water partition coefficient (Wildman–Crippen LogP) is 2.07. The fourth-order valence-corrected chi connectivity index (χ4v) is 3.70. The summed E-state index contributed by atoms with van der Waals surface area (Å²) in [5, 5.41) is 0. The molecule has 0 bridgehead atoms. The third-order valence-electron chi connectivity index (χ3n) is 5.35. The molecule has 0 atom stereocenters. The highest BCUT2D eigenvalue weighted by Crippen LogP contribution is 2.32. The van der Waals surface area contributed by atoms with Crippen LogP contribution in [0, 0.1) is 5.92 Å². The third-order valence-corrected chi connectivity index (χ3v) is 5.35. The normalized spacial score (nSPS) is 39.3. The Labute approximate surface area is 122 Å². The smallest absolute Gasteiger partial charge is 0.0628 e. The van der Waals surface area contributed by atoms with Gasteiger partial charge >= 0.3 is 0 Å². The van der Waals surface area contributed by atoms with Gasteiger partial charge in [0.1, 0.15) is 0 Å². The molecule has 0 radical (unpaired) electrons. The molecule has 0 N–H and O–H groups in total. The molecule has 0 spiro atoms. The van der Waals surface area contributed by atoms with Crippen LogP contribution in [0.15, 0.2) is 0 Å². The molecule has 2 aliphatic carbocycles. The van der Waals surface area contributed by atoms with E-state index in [1.165, 1.54) is 45.3 Å². The van der Waals surface area contributed by atoms with Crippen LogP contribution in [0.25, 0.3) is 0 Å². The minimum absolute atomic E-state index is 0.451. The average molecular weight is 283 g/mol. The van der Waals surface area contributed by atoms with E-state index in [1.807, 2.05) is 7.11 Å². The topological polar surface area (TPSA) is 30.9 Å². The Morgan fingerprint density at radius 3 is 2.00 bits per heavy atom. The molecule has 0 aromatic carbocycles. The number of ether oxygens (including phenoxy) is 3. The van der Waals surface area contributed by atoms with E-state index in [0.29, 0.717) is 24.4 Å². The summed E-state index contributed by atoms with van der Waals surface area (Å²) >= 11 is 0. The first kappa shape index (κ1) is 14.8. The van der Waals surface area contributed by atoms with Gasteiger partial charge in [-0.25, -0.2) is 0 Å². The SMILES string of the molecule is CO[C@H]1C[C@H](CN2CCC(O[C@H]3C[C@H](OC)C3)CC2)C1. The van der Waals surface area contributed by atoms with Crippen molar-refractivity contribution in [2.75, 3.05) is 33.9 Å². The summed E-state index contributed by atoms with van der Waals surface area (Å²) in [6, 6.07) is 0. The molecular formula is C16H29NO3. The molecule has 20 heavy (non-hydrogen) atoms. The number of methoxy groups -OCH3 is 2. The van der Waals surface area contributed by atoms with Crippen molar-refractivity contribution in [3.8, 4) is 0 Å². The molecule has 4 nitrogen and oxygen atoms in total. The molecule has 116 valence electrons. The van der Waals surface area contributed by atoms with Gasteiger partial charge in [-0.15, -0.1) is 0 Å². The molecule has 1 aliphatic heterocycles. The van der Waals surface area contributed by atoms with E-state index in [4.69, 9.17) is 14.2 Å². The summed E-state index contributed by atoms with van der Waals surface area (Å²) < 4.78 is 16.8. The number of nitrogens with zero attached hydrogens (tertiary/aromatic N) is 1. The Bertz CT molecular complexity index is 262. The van der Waals surface area contributed by atoms with E-state index in [0.717, 1.165) is 18.8 Å². The molecule has 0 amide bonds. The molecular weight excluding hydrogens is 254 g/mol. The quantitative estimate of drug-likeness (QED) is 0.747. The monoisotopic (exact) mass is 283 g/mol. The molecule has 0 unspecified atom stereocenters. The van der Waals surface area contributed by atoms with Gasteiger partial charge in [-0.05, 0) is 44.4 Å². The number of likely N-dealkylation sites (tertiary alicyclic amines) is 1. The maximum Gasteiger partial charge on any atom is 0.0628 e. The van der Waals surface area contributed by atoms with E-state index in [2.05, 4.69) is 4.90 Å². The van der Waals surface area contributed by atoms with Crippen LogP contribution in [-0.2, 0) is 14.2 Å². The van der Waals surface area contributed by atoms with Crippen LogP contribution >= 0.6 is 0 Å². The molecule has 3 rings (SSSR count). The highest BCUT2D eigenvalue weighted by atomic mass is 16.5. The molecule has 3 fully saturated rings. The van der Waals surface area contributed by atoms with Crippen molar-refractivity contribution >= 4 is 0 Å². The van der Waals surface area contributed by atoms with Crippen molar-refractivity contribution in [3.63, 3.8) is 0 Å². The number of hydrogen-bond acceptors (Lipinski definition) is 4. The van der Waals surface area contributed by atoms with Crippen LogP contribution in [-0.4, -0.2) is 63.2 Å². The first-order chi connectivity index (χ1) is 9.76. The Kier molecular flexibility index (Phi) is 4.97. The molecule has 0 aromatic rings. The maximum absolute atomic E-state index is 6.16. The number of rotatable bonds is 6. The lowest BCUT2D eigenvalue weighted by atomic mass is 9.81. The van der Waals surface area contributed by atoms with Gasteiger partial charge in [-0.2, -0.15) is 0 Å². The lowest BCUT2D eigenvalue weighted by Gasteiger charge is -2.42. The van der Waals surface area contributed by atoms with Gasteiger partial charge in [0.15, 0.2) is 0 Å². The summed E-state index contributed by atoms with van der Waals surface area (Å²) in [5.74, 6) is 0.867. The van der Waals surface area contributed by atoms with Crippen molar-refractivity contribution in [3.05, 3.63) is 0 Å².